The lowest BCUT2D eigenvalue weighted by Crippen LogP contribution is -2.55. The molecular weight excluding hydrogens is 260 g/mol. The van der Waals surface area contributed by atoms with E-state index < -0.39 is 16.4 Å². The Bertz CT molecular complexity index is 558. The Balaban J connectivity index is 2.51. The summed E-state index contributed by atoms with van der Waals surface area (Å²) < 4.78 is 0. The van der Waals surface area contributed by atoms with Gasteiger partial charge in [-0.25, -0.2) is 4.79 Å². The summed E-state index contributed by atoms with van der Waals surface area (Å²) in [6.07, 6.45) is 2.29. The zero-order chi connectivity index (χ0) is 14.9. The average molecular weight is 278 g/mol. The van der Waals surface area contributed by atoms with Crippen LogP contribution in [0.2, 0.25) is 0 Å². The highest BCUT2D eigenvalue weighted by atomic mass is 16.6. The van der Waals surface area contributed by atoms with Crippen LogP contribution in [-0.4, -0.2) is 28.1 Å². The van der Waals surface area contributed by atoms with Gasteiger partial charge < -0.3 is 10.0 Å². The number of anilines is 1. The third-order valence-corrected chi connectivity index (χ3v) is 4.12. The first kappa shape index (κ1) is 14.3. The monoisotopic (exact) mass is 278 g/mol. The molecule has 2 rings (SSSR count). The fourth-order valence-electron chi connectivity index (χ4n) is 2.83. The number of aliphatic carboxylic acids is 1. The van der Waals surface area contributed by atoms with Crippen molar-refractivity contribution in [3.63, 3.8) is 0 Å². The van der Waals surface area contributed by atoms with E-state index in [4.69, 9.17) is 0 Å². The fraction of sp³-hybridized carbons (Fsp3) is 0.500. The molecule has 0 spiro atoms. The number of rotatable bonds is 3. The highest BCUT2D eigenvalue weighted by Gasteiger charge is 2.42. The van der Waals surface area contributed by atoms with E-state index in [1.807, 2.05) is 0 Å². The van der Waals surface area contributed by atoms with Crippen LogP contribution in [-0.2, 0) is 4.79 Å². The van der Waals surface area contributed by atoms with E-state index in [-0.39, 0.29) is 5.69 Å². The first-order valence-corrected chi connectivity index (χ1v) is 6.63. The molecule has 108 valence electrons. The van der Waals surface area contributed by atoms with Crippen LogP contribution in [0.3, 0.4) is 0 Å². The van der Waals surface area contributed by atoms with Gasteiger partial charge in [0.15, 0.2) is 0 Å². The molecule has 1 saturated heterocycles. The molecule has 6 nitrogen and oxygen atoms in total. The second-order valence-electron chi connectivity index (χ2n) is 5.37. The molecule has 6 heteroatoms. The number of benzene rings is 1. The zero-order valence-electron chi connectivity index (χ0n) is 11.6. The summed E-state index contributed by atoms with van der Waals surface area (Å²) in [4.78, 5) is 24.0. The molecule has 0 amide bonds. The molecule has 0 bridgehead atoms. The van der Waals surface area contributed by atoms with Crippen LogP contribution in [0.4, 0.5) is 11.4 Å². The third-order valence-electron chi connectivity index (χ3n) is 4.12. The molecule has 1 heterocycles. The SMILES string of the molecule is Cc1c(N2CCCCC2(C)C(=O)O)cccc1[N+](=O)[O-]. The number of carbonyl (C=O) groups is 1. The van der Waals surface area contributed by atoms with Crippen LogP contribution in [0.5, 0.6) is 0 Å². The predicted octanol–water partition coefficient (Wildman–Crippen LogP) is 2.74. The lowest BCUT2D eigenvalue weighted by atomic mass is 9.87. The number of hydrogen-bond acceptors (Lipinski definition) is 4. The third kappa shape index (κ3) is 2.21. The Labute approximate surface area is 117 Å². The van der Waals surface area contributed by atoms with E-state index >= 15 is 0 Å². The Hall–Kier alpha value is -2.11. The first-order valence-electron chi connectivity index (χ1n) is 6.63. The van der Waals surface area contributed by atoms with Crippen molar-refractivity contribution in [2.24, 2.45) is 0 Å². The fourth-order valence-corrected chi connectivity index (χ4v) is 2.83. The lowest BCUT2D eigenvalue weighted by molar-refractivity contribution is -0.385. The molecule has 1 atom stereocenters. The van der Waals surface area contributed by atoms with Gasteiger partial charge in [-0.2, -0.15) is 0 Å². The Kier molecular flexibility index (Phi) is 3.65. The summed E-state index contributed by atoms with van der Waals surface area (Å²) in [7, 11) is 0. The van der Waals surface area contributed by atoms with Crippen molar-refractivity contribution in [2.75, 3.05) is 11.4 Å². The van der Waals surface area contributed by atoms with Crippen molar-refractivity contribution in [3.8, 4) is 0 Å². The summed E-state index contributed by atoms with van der Waals surface area (Å²) in [5.41, 5.74) is 0.189. The van der Waals surface area contributed by atoms with Crippen LogP contribution in [0, 0.1) is 17.0 Å². The van der Waals surface area contributed by atoms with Crippen LogP contribution in [0.1, 0.15) is 31.7 Å². The van der Waals surface area contributed by atoms with Gasteiger partial charge in [0.2, 0.25) is 0 Å². The predicted molar refractivity (Wildman–Crippen MR) is 75.1 cm³/mol. The number of hydrogen-bond donors (Lipinski definition) is 1. The molecule has 0 aliphatic carbocycles. The van der Waals surface area contributed by atoms with Gasteiger partial charge in [0.1, 0.15) is 5.54 Å². The highest BCUT2D eigenvalue weighted by Crippen LogP contribution is 2.37. The molecule has 0 aromatic heterocycles. The summed E-state index contributed by atoms with van der Waals surface area (Å²) >= 11 is 0. The maximum Gasteiger partial charge on any atom is 0.329 e. The van der Waals surface area contributed by atoms with Crippen molar-refractivity contribution >= 4 is 17.3 Å². The summed E-state index contributed by atoms with van der Waals surface area (Å²) in [6, 6.07) is 4.81. The molecule has 0 saturated carbocycles. The molecule has 1 fully saturated rings. The Morgan fingerprint density at radius 1 is 1.45 bits per heavy atom. The molecule has 20 heavy (non-hydrogen) atoms. The van der Waals surface area contributed by atoms with Crippen LogP contribution >= 0.6 is 0 Å². The molecular formula is C14H18N2O4. The number of piperidine rings is 1. The van der Waals surface area contributed by atoms with Gasteiger partial charge in [-0.15, -0.1) is 0 Å². The largest absolute Gasteiger partial charge is 0.480 e. The minimum absolute atomic E-state index is 0.0285. The minimum atomic E-state index is -1.00. The molecule has 1 aliphatic heterocycles. The molecule has 0 radical (unpaired) electrons. The van der Waals surface area contributed by atoms with Crippen LogP contribution in [0.15, 0.2) is 18.2 Å². The normalized spacial score (nSPS) is 22.6. The van der Waals surface area contributed by atoms with Gasteiger partial charge in [-0.05, 0) is 39.2 Å². The van der Waals surface area contributed by atoms with Crippen molar-refractivity contribution in [3.05, 3.63) is 33.9 Å². The number of nitro groups is 1. The van der Waals surface area contributed by atoms with Gasteiger partial charge in [0.05, 0.1) is 10.5 Å². The summed E-state index contributed by atoms with van der Waals surface area (Å²) in [5, 5.41) is 20.5. The molecule has 1 N–H and O–H groups in total. The number of carboxylic acid groups (broad SMARTS) is 1. The van der Waals surface area contributed by atoms with Crippen molar-refractivity contribution < 1.29 is 14.8 Å². The number of nitrogens with zero attached hydrogens (tertiary/aromatic N) is 2. The second-order valence-corrected chi connectivity index (χ2v) is 5.37. The smallest absolute Gasteiger partial charge is 0.329 e. The molecule has 1 aromatic carbocycles. The van der Waals surface area contributed by atoms with Crippen molar-refractivity contribution in [2.45, 2.75) is 38.6 Å². The van der Waals surface area contributed by atoms with E-state index in [0.717, 1.165) is 12.8 Å². The highest BCUT2D eigenvalue weighted by molar-refractivity contribution is 5.84. The van der Waals surface area contributed by atoms with Gasteiger partial charge >= 0.3 is 5.97 Å². The van der Waals surface area contributed by atoms with Gasteiger partial charge in [0, 0.05) is 18.3 Å². The first-order chi connectivity index (χ1) is 9.38. The molecule has 1 aromatic rings. The molecule has 1 unspecified atom stereocenters. The van der Waals surface area contributed by atoms with Crippen molar-refractivity contribution in [1.82, 2.24) is 0 Å². The zero-order valence-corrected chi connectivity index (χ0v) is 11.6. The van der Waals surface area contributed by atoms with E-state index in [0.29, 0.717) is 24.2 Å². The maximum atomic E-state index is 11.6. The van der Waals surface area contributed by atoms with Gasteiger partial charge in [-0.3, -0.25) is 10.1 Å². The minimum Gasteiger partial charge on any atom is -0.480 e. The number of carboxylic acids is 1. The Morgan fingerprint density at radius 2 is 2.15 bits per heavy atom. The van der Waals surface area contributed by atoms with Gasteiger partial charge in [0.25, 0.3) is 5.69 Å². The second kappa shape index (κ2) is 5.11. The topological polar surface area (TPSA) is 83.7 Å². The van der Waals surface area contributed by atoms with E-state index in [1.54, 1.807) is 30.9 Å². The standard InChI is InChI=1S/C14H18N2O4/c1-10-11(6-5-7-12(10)16(19)20)15-9-4-3-8-14(15,2)13(17)18/h5-7H,3-4,8-9H2,1-2H3,(H,17,18). The van der Waals surface area contributed by atoms with E-state index in [1.165, 1.54) is 6.07 Å². The lowest BCUT2D eigenvalue weighted by Gasteiger charge is -2.43. The van der Waals surface area contributed by atoms with Crippen LogP contribution in [0.25, 0.3) is 0 Å². The summed E-state index contributed by atoms with van der Waals surface area (Å²) in [6.45, 7) is 3.96. The number of nitro benzene ring substituents is 1. The summed E-state index contributed by atoms with van der Waals surface area (Å²) in [5.74, 6) is -0.886. The Morgan fingerprint density at radius 3 is 2.75 bits per heavy atom. The quantitative estimate of drug-likeness (QED) is 0.679. The van der Waals surface area contributed by atoms with Crippen molar-refractivity contribution in [1.29, 1.82) is 0 Å². The van der Waals surface area contributed by atoms with Crippen LogP contribution < -0.4 is 4.90 Å². The molecule has 1 aliphatic rings. The van der Waals surface area contributed by atoms with Gasteiger partial charge in [-0.1, -0.05) is 6.07 Å². The average Bonchev–Trinajstić information content (AvgIpc) is 2.39. The maximum absolute atomic E-state index is 11.6. The van der Waals surface area contributed by atoms with E-state index in [9.17, 15) is 20.0 Å². The van der Waals surface area contributed by atoms with E-state index in [2.05, 4.69) is 0 Å².